The van der Waals surface area contributed by atoms with Crippen LogP contribution in [-0.4, -0.2) is 10.1 Å². The Kier molecular flexibility index (Phi) is 2.85. The van der Waals surface area contributed by atoms with Crippen molar-refractivity contribution in [1.29, 1.82) is 0 Å². The van der Waals surface area contributed by atoms with Crippen molar-refractivity contribution in [3.63, 3.8) is 0 Å². The average molecular weight is 237 g/mol. The van der Waals surface area contributed by atoms with Gasteiger partial charge in [0.1, 0.15) is 5.75 Å². The number of aromatic nitrogens is 1. The number of nitrogens with zero attached hydrogens (tertiary/aromatic N) is 1. The maximum absolute atomic E-state index is 9.29. The van der Waals surface area contributed by atoms with E-state index in [2.05, 4.69) is 17.1 Å². The summed E-state index contributed by atoms with van der Waals surface area (Å²) in [6.45, 7) is 0. The molecule has 0 radical (unpaired) electrons. The van der Waals surface area contributed by atoms with Crippen molar-refractivity contribution in [2.24, 2.45) is 0 Å². The topological polar surface area (TPSA) is 33.1 Å². The van der Waals surface area contributed by atoms with E-state index in [1.54, 1.807) is 12.1 Å². The molecule has 0 saturated carbocycles. The number of benzene rings is 1. The fourth-order valence-electron chi connectivity index (χ4n) is 2.43. The Labute approximate surface area is 107 Å². The van der Waals surface area contributed by atoms with Crippen LogP contribution in [-0.2, 0) is 6.42 Å². The highest BCUT2D eigenvalue weighted by atomic mass is 16.3. The summed E-state index contributed by atoms with van der Waals surface area (Å²) in [6, 6.07) is 11.5. The summed E-state index contributed by atoms with van der Waals surface area (Å²) in [6.07, 6.45) is 7.41. The molecule has 1 aliphatic carbocycles. The standard InChI is InChI=1S/C16H15NO/c18-15-8-6-12(7-9-15)11-14-4-1-3-13-5-2-10-17-16(13)14/h2,5-11,18H,1,3-4H2. The molecule has 0 spiro atoms. The molecule has 2 aromatic rings. The number of aromatic hydroxyl groups is 1. The minimum Gasteiger partial charge on any atom is -0.508 e. The van der Waals surface area contributed by atoms with E-state index in [1.807, 2.05) is 24.4 Å². The van der Waals surface area contributed by atoms with Crippen LogP contribution >= 0.6 is 0 Å². The van der Waals surface area contributed by atoms with Gasteiger partial charge in [-0.15, -0.1) is 0 Å². The Bertz CT molecular complexity index is 584. The number of hydrogen-bond donors (Lipinski definition) is 1. The summed E-state index contributed by atoms with van der Waals surface area (Å²) in [4.78, 5) is 4.50. The number of phenols is 1. The van der Waals surface area contributed by atoms with Crippen LogP contribution in [0.4, 0.5) is 0 Å². The van der Waals surface area contributed by atoms with Gasteiger partial charge in [-0.1, -0.05) is 18.2 Å². The summed E-state index contributed by atoms with van der Waals surface area (Å²) in [7, 11) is 0. The lowest BCUT2D eigenvalue weighted by atomic mass is 9.90. The molecule has 0 amide bonds. The number of hydrogen-bond acceptors (Lipinski definition) is 2. The van der Waals surface area contributed by atoms with E-state index in [0.29, 0.717) is 5.75 Å². The minimum absolute atomic E-state index is 0.305. The SMILES string of the molecule is Oc1ccc(C=C2CCCc3cccnc32)cc1. The Morgan fingerprint density at radius 2 is 1.89 bits per heavy atom. The van der Waals surface area contributed by atoms with Crippen molar-refractivity contribution in [3.8, 4) is 5.75 Å². The van der Waals surface area contributed by atoms with E-state index in [0.717, 1.165) is 24.1 Å². The van der Waals surface area contributed by atoms with Gasteiger partial charge in [-0.25, -0.2) is 0 Å². The summed E-state index contributed by atoms with van der Waals surface area (Å²) in [5, 5.41) is 9.29. The Morgan fingerprint density at radius 1 is 1.06 bits per heavy atom. The second-order valence-corrected chi connectivity index (χ2v) is 4.63. The van der Waals surface area contributed by atoms with E-state index in [4.69, 9.17) is 0 Å². The third kappa shape index (κ3) is 2.14. The van der Waals surface area contributed by atoms with Crippen molar-refractivity contribution in [1.82, 2.24) is 4.98 Å². The molecule has 90 valence electrons. The molecular weight excluding hydrogens is 222 g/mol. The molecule has 1 aliphatic rings. The number of allylic oxidation sites excluding steroid dienone is 1. The molecule has 2 heteroatoms. The number of rotatable bonds is 1. The molecule has 2 nitrogen and oxygen atoms in total. The lowest BCUT2D eigenvalue weighted by Gasteiger charge is -2.17. The minimum atomic E-state index is 0.305. The molecule has 1 N–H and O–H groups in total. The van der Waals surface area contributed by atoms with Gasteiger partial charge in [0.15, 0.2) is 0 Å². The molecule has 0 atom stereocenters. The monoisotopic (exact) mass is 237 g/mol. The predicted octanol–water partition coefficient (Wildman–Crippen LogP) is 3.66. The smallest absolute Gasteiger partial charge is 0.115 e. The lowest BCUT2D eigenvalue weighted by Crippen LogP contribution is -2.03. The van der Waals surface area contributed by atoms with Crippen LogP contribution in [0.25, 0.3) is 11.6 Å². The Morgan fingerprint density at radius 3 is 2.72 bits per heavy atom. The second-order valence-electron chi connectivity index (χ2n) is 4.63. The Hall–Kier alpha value is -2.09. The third-order valence-corrected chi connectivity index (χ3v) is 3.32. The summed E-state index contributed by atoms with van der Waals surface area (Å²) in [5.74, 6) is 0.305. The summed E-state index contributed by atoms with van der Waals surface area (Å²) in [5.41, 5.74) is 4.88. The van der Waals surface area contributed by atoms with Gasteiger partial charge in [-0.2, -0.15) is 0 Å². The van der Waals surface area contributed by atoms with E-state index >= 15 is 0 Å². The molecule has 18 heavy (non-hydrogen) atoms. The molecular formula is C16H15NO. The molecule has 1 aromatic carbocycles. The van der Waals surface area contributed by atoms with Crippen LogP contribution in [0.2, 0.25) is 0 Å². The van der Waals surface area contributed by atoms with E-state index in [1.165, 1.54) is 17.6 Å². The third-order valence-electron chi connectivity index (χ3n) is 3.32. The molecule has 0 aliphatic heterocycles. The second kappa shape index (κ2) is 4.65. The van der Waals surface area contributed by atoms with Gasteiger partial charge in [0.05, 0.1) is 5.69 Å². The van der Waals surface area contributed by atoms with Gasteiger partial charge in [-0.3, -0.25) is 4.98 Å². The number of phenolic OH excluding ortho intramolecular Hbond substituents is 1. The maximum Gasteiger partial charge on any atom is 0.115 e. The average Bonchev–Trinajstić information content (AvgIpc) is 2.42. The first kappa shape index (κ1) is 11.0. The molecule has 0 saturated heterocycles. The van der Waals surface area contributed by atoms with Crippen LogP contribution in [0.1, 0.15) is 29.7 Å². The zero-order valence-electron chi connectivity index (χ0n) is 10.1. The van der Waals surface area contributed by atoms with Gasteiger partial charge >= 0.3 is 0 Å². The highest BCUT2D eigenvalue weighted by Gasteiger charge is 2.14. The van der Waals surface area contributed by atoms with Crippen LogP contribution in [0.3, 0.4) is 0 Å². The van der Waals surface area contributed by atoms with E-state index < -0.39 is 0 Å². The van der Waals surface area contributed by atoms with Crippen LogP contribution in [0.15, 0.2) is 42.6 Å². The molecule has 1 aromatic heterocycles. The normalized spacial score (nSPS) is 16.6. The van der Waals surface area contributed by atoms with E-state index in [9.17, 15) is 5.11 Å². The lowest BCUT2D eigenvalue weighted by molar-refractivity contribution is 0.475. The first-order valence-corrected chi connectivity index (χ1v) is 6.27. The van der Waals surface area contributed by atoms with Gasteiger partial charge in [-0.05, 0) is 60.2 Å². The zero-order valence-corrected chi connectivity index (χ0v) is 10.1. The molecule has 0 bridgehead atoms. The fourth-order valence-corrected chi connectivity index (χ4v) is 2.43. The molecule has 0 fully saturated rings. The Balaban J connectivity index is 2.00. The predicted molar refractivity (Wildman–Crippen MR) is 73.2 cm³/mol. The van der Waals surface area contributed by atoms with Crippen molar-refractivity contribution in [2.75, 3.05) is 0 Å². The van der Waals surface area contributed by atoms with Crippen LogP contribution in [0, 0.1) is 0 Å². The quantitative estimate of drug-likeness (QED) is 0.821. The molecule has 1 heterocycles. The van der Waals surface area contributed by atoms with Crippen molar-refractivity contribution >= 4 is 11.6 Å². The van der Waals surface area contributed by atoms with Crippen molar-refractivity contribution < 1.29 is 5.11 Å². The van der Waals surface area contributed by atoms with Gasteiger partial charge in [0.25, 0.3) is 0 Å². The highest BCUT2D eigenvalue weighted by Crippen LogP contribution is 2.30. The fraction of sp³-hybridized carbons (Fsp3) is 0.188. The molecule has 3 rings (SSSR count). The van der Waals surface area contributed by atoms with Crippen molar-refractivity contribution in [3.05, 3.63) is 59.4 Å². The summed E-state index contributed by atoms with van der Waals surface area (Å²) >= 11 is 0. The number of pyridine rings is 1. The van der Waals surface area contributed by atoms with Crippen LogP contribution < -0.4 is 0 Å². The molecule has 0 unspecified atom stereocenters. The zero-order chi connectivity index (χ0) is 12.4. The number of fused-ring (bicyclic) bond motifs is 1. The first-order chi connectivity index (χ1) is 8.83. The van der Waals surface area contributed by atoms with Crippen molar-refractivity contribution in [2.45, 2.75) is 19.3 Å². The van der Waals surface area contributed by atoms with Gasteiger partial charge < -0.3 is 5.11 Å². The van der Waals surface area contributed by atoms with Gasteiger partial charge in [0.2, 0.25) is 0 Å². The first-order valence-electron chi connectivity index (χ1n) is 6.27. The number of aryl methyl sites for hydroxylation is 1. The largest absolute Gasteiger partial charge is 0.508 e. The summed E-state index contributed by atoms with van der Waals surface area (Å²) < 4.78 is 0. The highest BCUT2D eigenvalue weighted by molar-refractivity contribution is 5.82. The van der Waals surface area contributed by atoms with Gasteiger partial charge in [0, 0.05) is 6.20 Å². The maximum atomic E-state index is 9.29. The van der Waals surface area contributed by atoms with Crippen LogP contribution in [0.5, 0.6) is 5.75 Å². The van der Waals surface area contributed by atoms with E-state index in [-0.39, 0.29) is 0 Å².